The Labute approximate surface area is 161 Å². The van der Waals surface area contributed by atoms with Crippen LogP contribution < -0.4 is 5.32 Å². The zero-order valence-corrected chi connectivity index (χ0v) is 15.4. The minimum atomic E-state index is -0.182. The highest BCUT2D eigenvalue weighted by Crippen LogP contribution is 2.15. The third kappa shape index (κ3) is 3.71. The summed E-state index contributed by atoms with van der Waals surface area (Å²) in [4.78, 5) is 25.2. The number of nitrogens with zero attached hydrogens (tertiary/aromatic N) is 6. The number of carbonyl (C=O) groups excluding carboxylic acids is 1. The smallest absolute Gasteiger partial charge is 0.254 e. The molecule has 8 heteroatoms. The average Bonchev–Trinajstić information content (AvgIpc) is 3.15. The minimum Gasteiger partial charge on any atom is -0.352 e. The number of aryl methyl sites for hydroxylation is 2. The Hall–Kier alpha value is -3.68. The van der Waals surface area contributed by atoms with Crippen molar-refractivity contribution in [2.24, 2.45) is 0 Å². The van der Waals surface area contributed by atoms with Gasteiger partial charge in [-0.2, -0.15) is 0 Å². The molecule has 3 heterocycles. The Morgan fingerprint density at radius 1 is 1.14 bits per heavy atom. The number of rotatable bonds is 6. The summed E-state index contributed by atoms with van der Waals surface area (Å²) in [7, 11) is 0. The summed E-state index contributed by atoms with van der Waals surface area (Å²) < 4.78 is 1.85. The molecule has 1 N–H and O–H groups in total. The fourth-order valence-corrected chi connectivity index (χ4v) is 2.93. The molecular weight excluding hydrogens is 354 g/mol. The monoisotopic (exact) mass is 373 g/mol. The van der Waals surface area contributed by atoms with Crippen LogP contribution in [-0.4, -0.2) is 42.4 Å². The minimum absolute atomic E-state index is 0.182. The van der Waals surface area contributed by atoms with Crippen LogP contribution in [0.2, 0.25) is 0 Å². The van der Waals surface area contributed by atoms with Crippen molar-refractivity contribution in [3.05, 3.63) is 66.2 Å². The van der Waals surface area contributed by atoms with E-state index in [0.717, 1.165) is 23.0 Å². The molecule has 1 aromatic carbocycles. The van der Waals surface area contributed by atoms with Gasteiger partial charge in [0.2, 0.25) is 0 Å². The van der Waals surface area contributed by atoms with Gasteiger partial charge in [-0.05, 0) is 37.6 Å². The summed E-state index contributed by atoms with van der Waals surface area (Å²) in [6.45, 7) is 3.01. The summed E-state index contributed by atoms with van der Waals surface area (Å²) in [6, 6.07) is 11.5. The Morgan fingerprint density at radius 2 is 2.04 bits per heavy atom. The predicted molar refractivity (Wildman–Crippen MR) is 104 cm³/mol. The summed E-state index contributed by atoms with van der Waals surface area (Å²) in [5.41, 5.74) is 3.78. The number of fused-ring (bicyclic) bond motifs is 1. The first-order valence-electron chi connectivity index (χ1n) is 9.03. The van der Waals surface area contributed by atoms with E-state index in [1.807, 2.05) is 41.1 Å². The van der Waals surface area contributed by atoms with Crippen LogP contribution in [0.15, 0.2) is 55.0 Å². The lowest BCUT2D eigenvalue weighted by molar-refractivity contribution is 0.0951. The van der Waals surface area contributed by atoms with E-state index in [-0.39, 0.29) is 5.91 Å². The largest absolute Gasteiger partial charge is 0.352 e. The number of nitrogens with one attached hydrogen (secondary N) is 1. The van der Waals surface area contributed by atoms with Crippen molar-refractivity contribution in [1.82, 2.24) is 35.3 Å². The van der Waals surface area contributed by atoms with E-state index in [0.29, 0.717) is 30.2 Å². The molecule has 0 atom stereocenters. The summed E-state index contributed by atoms with van der Waals surface area (Å²) in [5, 5.41) is 11.2. The number of para-hydroxylation sites is 1. The van der Waals surface area contributed by atoms with Crippen LogP contribution in [0.4, 0.5) is 0 Å². The average molecular weight is 373 g/mol. The molecule has 0 fully saturated rings. The third-order valence-corrected chi connectivity index (χ3v) is 4.40. The SMILES string of the molecule is Cc1nc(-c2cccnc2)ncc1C(=O)NCCCn1nnc2ccccc21. The molecule has 3 aromatic heterocycles. The molecular formula is C20H19N7O. The normalized spacial score (nSPS) is 10.9. The number of hydrogen-bond acceptors (Lipinski definition) is 6. The molecule has 4 rings (SSSR count). The second-order valence-electron chi connectivity index (χ2n) is 6.35. The van der Waals surface area contributed by atoms with Gasteiger partial charge in [-0.3, -0.25) is 9.78 Å². The second-order valence-corrected chi connectivity index (χ2v) is 6.35. The highest BCUT2D eigenvalue weighted by atomic mass is 16.1. The van der Waals surface area contributed by atoms with Crippen LogP contribution in [0.5, 0.6) is 0 Å². The first kappa shape index (κ1) is 17.7. The molecule has 28 heavy (non-hydrogen) atoms. The number of benzene rings is 1. The van der Waals surface area contributed by atoms with E-state index in [9.17, 15) is 4.79 Å². The van der Waals surface area contributed by atoms with Gasteiger partial charge in [-0.15, -0.1) is 5.10 Å². The fourth-order valence-electron chi connectivity index (χ4n) is 2.93. The number of hydrogen-bond donors (Lipinski definition) is 1. The van der Waals surface area contributed by atoms with Gasteiger partial charge in [0.05, 0.1) is 16.8 Å². The molecule has 0 saturated carbocycles. The lowest BCUT2D eigenvalue weighted by atomic mass is 10.2. The standard InChI is InChI=1S/C20H19N7O/c1-14-16(13-23-19(24-14)15-6-4-9-21-12-15)20(28)22-10-5-11-27-18-8-3-2-7-17(18)25-26-27/h2-4,6-9,12-13H,5,10-11H2,1H3,(H,22,28). The lowest BCUT2D eigenvalue weighted by Crippen LogP contribution is -2.26. The van der Waals surface area contributed by atoms with E-state index >= 15 is 0 Å². The maximum atomic E-state index is 12.4. The first-order chi connectivity index (χ1) is 13.7. The van der Waals surface area contributed by atoms with Gasteiger partial charge in [0.1, 0.15) is 5.52 Å². The molecule has 0 aliphatic carbocycles. The van der Waals surface area contributed by atoms with E-state index in [1.54, 1.807) is 25.5 Å². The van der Waals surface area contributed by atoms with Crippen LogP contribution >= 0.6 is 0 Å². The van der Waals surface area contributed by atoms with Crippen LogP contribution in [0.3, 0.4) is 0 Å². The van der Waals surface area contributed by atoms with E-state index in [1.165, 1.54) is 0 Å². The molecule has 0 aliphatic rings. The number of pyridine rings is 1. The molecule has 8 nitrogen and oxygen atoms in total. The summed E-state index contributed by atoms with van der Waals surface area (Å²) in [6.07, 6.45) is 5.69. The highest BCUT2D eigenvalue weighted by molar-refractivity contribution is 5.95. The van der Waals surface area contributed by atoms with E-state index in [4.69, 9.17) is 0 Å². The lowest BCUT2D eigenvalue weighted by Gasteiger charge is -2.08. The van der Waals surface area contributed by atoms with Gasteiger partial charge in [0.25, 0.3) is 5.91 Å². The molecule has 4 aromatic rings. The first-order valence-corrected chi connectivity index (χ1v) is 9.03. The van der Waals surface area contributed by atoms with Gasteiger partial charge in [0.15, 0.2) is 5.82 Å². The van der Waals surface area contributed by atoms with Crippen molar-refractivity contribution in [3.8, 4) is 11.4 Å². The van der Waals surface area contributed by atoms with Gasteiger partial charge < -0.3 is 5.32 Å². The van der Waals surface area contributed by atoms with Crippen LogP contribution in [0.1, 0.15) is 22.5 Å². The Morgan fingerprint density at radius 3 is 2.86 bits per heavy atom. The number of carbonyl (C=O) groups is 1. The van der Waals surface area contributed by atoms with Crippen molar-refractivity contribution < 1.29 is 4.79 Å². The van der Waals surface area contributed by atoms with E-state index < -0.39 is 0 Å². The maximum Gasteiger partial charge on any atom is 0.254 e. The van der Waals surface area contributed by atoms with Crippen LogP contribution in [0.25, 0.3) is 22.4 Å². The molecule has 140 valence electrons. The Balaban J connectivity index is 1.35. The fraction of sp³-hybridized carbons (Fsp3) is 0.200. The molecule has 0 unspecified atom stereocenters. The van der Waals surface area contributed by atoms with Gasteiger partial charge in [-0.1, -0.05) is 17.3 Å². The van der Waals surface area contributed by atoms with E-state index in [2.05, 4.69) is 30.6 Å². The highest BCUT2D eigenvalue weighted by Gasteiger charge is 2.12. The second kappa shape index (κ2) is 7.91. The van der Waals surface area contributed by atoms with Gasteiger partial charge in [-0.25, -0.2) is 14.6 Å². The molecule has 0 bridgehead atoms. The Kier molecular flexibility index (Phi) is 5.01. The van der Waals surface area contributed by atoms with Crippen LogP contribution in [0, 0.1) is 6.92 Å². The van der Waals surface area contributed by atoms with Crippen LogP contribution in [-0.2, 0) is 6.54 Å². The molecule has 0 spiro atoms. The molecule has 0 aliphatic heterocycles. The third-order valence-electron chi connectivity index (χ3n) is 4.40. The molecule has 0 saturated heterocycles. The van der Waals surface area contributed by atoms with Crippen molar-refractivity contribution in [3.63, 3.8) is 0 Å². The van der Waals surface area contributed by atoms with Gasteiger partial charge in [0, 0.05) is 37.2 Å². The topological polar surface area (TPSA) is 98.5 Å². The van der Waals surface area contributed by atoms with Crippen molar-refractivity contribution in [2.75, 3.05) is 6.54 Å². The number of amides is 1. The predicted octanol–water partition coefficient (Wildman–Crippen LogP) is 2.41. The number of aromatic nitrogens is 6. The zero-order chi connectivity index (χ0) is 19.3. The summed E-state index contributed by atoms with van der Waals surface area (Å²) in [5.74, 6) is 0.374. The maximum absolute atomic E-state index is 12.4. The Bertz CT molecular complexity index is 1110. The molecule has 1 amide bonds. The van der Waals surface area contributed by atoms with Crippen molar-refractivity contribution in [2.45, 2.75) is 19.9 Å². The van der Waals surface area contributed by atoms with Gasteiger partial charge >= 0.3 is 0 Å². The van der Waals surface area contributed by atoms with Crippen molar-refractivity contribution >= 4 is 16.9 Å². The quantitative estimate of drug-likeness (QED) is 0.521. The zero-order valence-electron chi connectivity index (χ0n) is 15.4. The molecule has 0 radical (unpaired) electrons. The summed E-state index contributed by atoms with van der Waals surface area (Å²) >= 11 is 0. The van der Waals surface area contributed by atoms with Crippen molar-refractivity contribution in [1.29, 1.82) is 0 Å².